The van der Waals surface area contributed by atoms with Crippen molar-refractivity contribution >= 4 is 17.7 Å². The Morgan fingerprint density at radius 3 is 3.08 bits per heavy atom. The minimum Gasteiger partial charge on any atom is -0.549 e. The number of rotatable bonds is 3. The van der Waals surface area contributed by atoms with Gasteiger partial charge in [0.15, 0.2) is 0 Å². The first-order valence-electron chi connectivity index (χ1n) is 3.44. The molecule has 1 heterocycles. The lowest BCUT2D eigenvalue weighted by molar-refractivity contribution is -0.301. The summed E-state index contributed by atoms with van der Waals surface area (Å²) in [6, 6.07) is 3.71. The van der Waals surface area contributed by atoms with Crippen molar-refractivity contribution in [1.82, 2.24) is 4.98 Å². The van der Waals surface area contributed by atoms with Gasteiger partial charge in [-0.3, -0.25) is 0 Å². The lowest BCUT2D eigenvalue weighted by atomic mass is 10.3. The summed E-state index contributed by atoms with van der Waals surface area (Å²) >= 11 is 1.17. The van der Waals surface area contributed by atoms with Gasteiger partial charge in [0.1, 0.15) is 0 Å². The minimum atomic E-state index is -1.07. The second-order valence-electron chi connectivity index (χ2n) is 2.33. The Morgan fingerprint density at radius 1 is 1.75 bits per heavy atom. The molecule has 64 valence electrons. The van der Waals surface area contributed by atoms with Crippen LogP contribution in [0.2, 0.25) is 0 Å². The molecule has 3 nitrogen and oxygen atoms in total. The van der Waals surface area contributed by atoms with Crippen LogP contribution in [0.4, 0.5) is 0 Å². The van der Waals surface area contributed by atoms with E-state index < -0.39 is 5.97 Å². The highest BCUT2D eigenvalue weighted by Gasteiger charge is 1.94. The van der Waals surface area contributed by atoms with E-state index in [1.807, 2.05) is 19.1 Å². The molecule has 1 aromatic rings. The molecule has 0 aliphatic heterocycles. The van der Waals surface area contributed by atoms with Crippen LogP contribution in [0.15, 0.2) is 23.4 Å². The van der Waals surface area contributed by atoms with Crippen LogP contribution in [-0.4, -0.2) is 16.7 Å². The van der Waals surface area contributed by atoms with Gasteiger partial charge in [-0.25, -0.2) is 4.98 Å². The zero-order chi connectivity index (χ0) is 8.97. The van der Waals surface area contributed by atoms with Gasteiger partial charge in [0, 0.05) is 11.9 Å². The molecule has 0 fully saturated rings. The number of aliphatic carboxylic acids is 1. The number of hydrogen-bond donors (Lipinski definition) is 0. The highest BCUT2D eigenvalue weighted by molar-refractivity contribution is 7.99. The molecule has 1 aromatic heterocycles. The normalized spacial score (nSPS) is 9.75. The first-order valence-corrected chi connectivity index (χ1v) is 4.42. The fraction of sp³-hybridized carbons (Fsp3) is 0.250. The molecule has 0 bridgehead atoms. The number of pyridine rings is 1. The summed E-state index contributed by atoms with van der Waals surface area (Å²) in [6.07, 6.45) is 1.66. The van der Waals surface area contributed by atoms with E-state index in [4.69, 9.17) is 0 Å². The number of aryl methyl sites for hydroxylation is 1. The third-order valence-corrected chi connectivity index (χ3v) is 2.13. The first kappa shape index (κ1) is 9.06. The molecule has 0 aromatic carbocycles. The zero-order valence-corrected chi connectivity index (χ0v) is 7.43. The number of carboxylic acids is 1. The Morgan fingerprint density at radius 2 is 2.50 bits per heavy atom. The summed E-state index contributed by atoms with van der Waals surface area (Å²) in [7, 11) is 0. The highest BCUT2D eigenvalue weighted by Crippen LogP contribution is 2.14. The SMILES string of the molecule is Cc1ccnc(SCC(=O)[O-])c1. The van der Waals surface area contributed by atoms with Crippen LogP contribution in [0.3, 0.4) is 0 Å². The molecule has 4 heteroatoms. The molecule has 0 N–H and O–H groups in total. The third-order valence-electron chi connectivity index (χ3n) is 1.23. The molecular weight excluding hydrogens is 174 g/mol. The Kier molecular flexibility index (Phi) is 3.10. The number of carboxylic acid groups (broad SMARTS) is 1. The van der Waals surface area contributed by atoms with E-state index in [9.17, 15) is 9.90 Å². The van der Waals surface area contributed by atoms with Crippen molar-refractivity contribution < 1.29 is 9.90 Å². The summed E-state index contributed by atoms with van der Waals surface area (Å²) in [5.74, 6) is -1.11. The molecule has 12 heavy (non-hydrogen) atoms. The lowest BCUT2D eigenvalue weighted by Crippen LogP contribution is -2.24. The lowest BCUT2D eigenvalue weighted by Gasteiger charge is -2.01. The van der Waals surface area contributed by atoms with Crippen LogP contribution >= 0.6 is 11.8 Å². The molecule has 0 amide bonds. The maximum absolute atomic E-state index is 10.1. The van der Waals surface area contributed by atoms with Crippen molar-refractivity contribution in [1.29, 1.82) is 0 Å². The van der Waals surface area contributed by atoms with Crippen molar-refractivity contribution in [2.75, 3.05) is 5.75 Å². The van der Waals surface area contributed by atoms with Gasteiger partial charge in [0.05, 0.1) is 11.0 Å². The van der Waals surface area contributed by atoms with Crippen LogP contribution in [-0.2, 0) is 4.79 Å². The van der Waals surface area contributed by atoms with Crippen molar-refractivity contribution in [3.05, 3.63) is 23.9 Å². The van der Waals surface area contributed by atoms with Crippen LogP contribution in [0.25, 0.3) is 0 Å². The molecular formula is C8H8NO2S-. The maximum atomic E-state index is 10.1. The van der Waals surface area contributed by atoms with Crippen molar-refractivity contribution in [2.45, 2.75) is 11.9 Å². The van der Waals surface area contributed by atoms with E-state index in [0.29, 0.717) is 0 Å². The van der Waals surface area contributed by atoms with Crippen LogP contribution in [0, 0.1) is 6.92 Å². The van der Waals surface area contributed by atoms with E-state index in [1.165, 1.54) is 11.8 Å². The van der Waals surface area contributed by atoms with Gasteiger partial charge in [-0.15, -0.1) is 11.8 Å². The van der Waals surface area contributed by atoms with Crippen molar-refractivity contribution in [3.63, 3.8) is 0 Å². The summed E-state index contributed by atoms with van der Waals surface area (Å²) in [5.41, 5.74) is 1.07. The van der Waals surface area contributed by atoms with E-state index in [2.05, 4.69) is 4.98 Å². The summed E-state index contributed by atoms with van der Waals surface area (Å²) in [4.78, 5) is 14.1. The molecule has 0 saturated carbocycles. The van der Waals surface area contributed by atoms with Crippen molar-refractivity contribution in [2.24, 2.45) is 0 Å². The van der Waals surface area contributed by atoms with Gasteiger partial charge >= 0.3 is 0 Å². The van der Waals surface area contributed by atoms with E-state index >= 15 is 0 Å². The van der Waals surface area contributed by atoms with E-state index in [-0.39, 0.29) is 5.75 Å². The summed E-state index contributed by atoms with van der Waals surface area (Å²) in [6.45, 7) is 1.94. The van der Waals surface area contributed by atoms with Crippen LogP contribution < -0.4 is 5.11 Å². The first-order chi connectivity index (χ1) is 5.68. The van der Waals surface area contributed by atoms with E-state index in [1.54, 1.807) is 6.20 Å². The number of thioether (sulfide) groups is 1. The third kappa shape index (κ3) is 2.92. The van der Waals surface area contributed by atoms with Crippen molar-refractivity contribution in [3.8, 4) is 0 Å². The molecule has 0 radical (unpaired) electrons. The molecule has 0 aliphatic rings. The smallest absolute Gasteiger partial charge is 0.0966 e. The predicted octanol–water partition coefficient (Wildman–Crippen LogP) is 0.232. The molecule has 0 spiro atoms. The monoisotopic (exact) mass is 182 g/mol. The Bertz CT molecular complexity index is 288. The second-order valence-corrected chi connectivity index (χ2v) is 3.33. The fourth-order valence-electron chi connectivity index (χ4n) is 0.720. The summed E-state index contributed by atoms with van der Waals surface area (Å²) < 4.78 is 0. The van der Waals surface area contributed by atoms with Gasteiger partial charge in [0.2, 0.25) is 0 Å². The average molecular weight is 182 g/mol. The Labute approximate surface area is 74.8 Å². The van der Waals surface area contributed by atoms with Gasteiger partial charge in [-0.05, 0) is 24.6 Å². The largest absolute Gasteiger partial charge is 0.549 e. The van der Waals surface area contributed by atoms with E-state index in [0.717, 1.165) is 10.6 Å². The minimum absolute atomic E-state index is 0.0452. The predicted molar refractivity (Wildman–Crippen MR) is 44.7 cm³/mol. The number of carbonyl (C=O) groups is 1. The van der Waals surface area contributed by atoms with Crippen LogP contribution in [0.5, 0.6) is 0 Å². The topological polar surface area (TPSA) is 53.0 Å². The van der Waals surface area contributed by atoms with Gasteiger partial charge in [-0.2, -0.15) is 0 Å². The molecule has 0 unspecified atom stereocenters. The average Bonchev–Trinajstić information content (AvgIpc) is 2.01. The molecule has 1 rings (SSSR count). The molecule has 0 saturated heterocycles. The number of aromatic nitrogens is 1. The second kappa shape index (κ2) is 4.11. The number of nitrogens with zero attached hydrogens (tertiary/aromatic N) is 1. The maximum Gasteiger partial charge on any atom is 0.0966 e. The number of hydrogen-bond acceptors (Lipinski definition) is 4. The van der Waals surface area contributed by atoms with Crippen LogP contribution in [0.1, 0.15) is 5.56 Å². The van der Waals surface area contributed by atoms with Gasteiger partial charge < -0.3 is 9.90 Å². The molecule has 0 atom stereocenters. The molecule has 0 aliphatic carbocycles. The number of carbonyl (C=O) groups excluding carboxylic acids is 1. The fourth-order valence-corrected chi connectivity index (χ4v) is 1.39. The quantitative estimate of drug-likeness (QED) is 0.628. The van der Waals surface area contributed by atoms with Gasteiger partial charge in [-0.1, -0.05) is 0 Å². The van der Waals surface area contributed by atoms with Gasteiger partial charge in [0.25, 0.3) is 0 Å². The summed E-state index contributed by atoms with van der Waals surface area (Å²) in [5, 5.41) is 10.8. The zero-order valence-electron chi connectivity index (χ0n) is 6.61. The standard InChI is InChI=1S/C8H9NO2S/c1-6-2-3-9-7(4-6)12-5-8(10)11/h2-4H,5H2,1H3,(H,10,11)/p-1. The Balaban J connectivity index is 2.57. The highest BCUT2D eigenvalue weighted by atomic mass is 32.2. The Hall–Kier alpha value is -1.03.